The van der Waals surface area contributed by atoms with Gasteiger partial charge in [0.05, 0.1) is 5.41 Å². The first-order valence-electron chi connectivity index (χ1n) is 7.12. The highest BCUT2D eigenvalue weighted by Crippen LogP contribution is 2.36. The predicted octanol–water partition coefficient (Wildman–Crippen LogP) is 1.35. The summed E-state index contributed by atoms with van der Waals surface area (Å²) in [5.41, 5.74) is 5.69. The van der Waals surface area contributed by atoms with E-state index in [0.717, 1.165) is 38.8 Å². The first kappa shape index (κ1) is 15.4. The molecule has 0 saturated heterocycles. The summed E-state index contributed by atoms with van der Waals surface area (Å²) in [6.45, 7) is 8.12. The second-order valence-electron chi connectivity index (χ2n) is 6.10. The van der Waals surface area contributed by atoms with Gasteiger partial charge >= 0.3 is 0 Å². The molecule has 4 nitrogen and oxygen atoms in total. The maximum atomic E-state index is 12.2. The number of nitrogens with two attached hydrogens (primary N) is 1. The van der Waals surface area contributed by atoms with Gasteiger partial charge in [0.25, 0.3) is 0 Å². The van der Waals surface area contributed by atoms with E-state index in [0.29, 0.717) is 6.04 Å². The Bertz CT molecular complexity index is 280. The first-order valence-corrected chi connectivity index (χ1v) is 7.12. The quantitative estimate of drug-likeness (QED) is 0.704. The SMILES string of the molecule is CC(C)N(C)CCCNC(=O)C1(C)CCCC1N. The van der Waals surface area contributed by atoms with E-state index >= 15 is 0 Å². The molecule has 0 aliphatic heterocycles. The lowest BCUT2D eigenvalue weighted by molar-refractivity contribution is -0.130. The number of nitrogens with one attached hydrogen (secondary N) is 1. The predicted molar refractivity (Wildman–Crippen MR) is 75.3 cm³/mol. The molecule has 0 bridgehead atoms. The third-order valence-electron chi connectivity index (χ3n) is 4.40. The van der Waals surface area contributed by atoms with E-state index in [2.05, 4.69) is 31.1 Å². The first-order chi connectivity index (χ1) is 8.38. The molecule has 1 amide bonds. The molecule has 0 spiro atoms. The van der Waals surface area contributed by atoms with Gasteiger partial charge in [-0.1, -0.05) is 6.42 Å². The van der Waals surface area contributed by atoms with Crippen LogP contribution >= 0.6 is 0 Å². The van der Waals surface area contributed by atoms with Crippen molar-refractivity contribution in [2.75, 3.05) is 20.1 Å². The van der Waals surface area contributed by atoms with Gasteiger partial charge < -0.3 is 16.0 Å². The van der Waals surface area contributed by atoms with Gasteiger partial charge in [0.1, 0.15) is 0 Å². The lowest BCUT2D eigenvalue weighted by Crippen LogP contribution is -2.47. The van der Waals surface area contributed by atoms with Crippen molar-refractivity contribution >= 4 is 5.91 Å². The number of rotatable bonds is 6. The standard InChI is InChI=1S/C14H29N3O/c1-11(2)17(4)10-6-9-16-13(18)14(3)8-5-7-12(14)15/h11-12H,5-10,15H2,1-4H3,(H,16,18). The molecule has 18 heavy (non-hydrogen) atoms. The molecule has 106 valence electrons. The number of nitrogens with zero attached hydrogens (tertiary/aromatic N) is 1. The Morgan fingerprint density at radius 3 is 2.72 bits per heavy atom. The Kier molecular flexibility index (Phi) is 5.60. The summed E-state index contributed by atoms with van der Waals surface area (Å²) in [5.74, 6) is 0.139. The zero-order valence-electron chi connectivity index (χ0n) is 12.3. The minimum absolute atomic E-state index is 0.0239. The number of carbonyl (C=O) groups is 1. The highest BCUT2D eigenvalue weighted by molar-refractivity contribution is 5.83. The van der Waals surface area contributed by atoms with Crippen LogP contribution in [0.25, 0.3) is 0 Å². The third kappa shape index (κ3) is 3.69. The second kappa shape index (κ2) is 6.53. The van der Waals surface area contributed by atoms with E-state index in [9.17, 15) is 4.79 Å². The maximum absolute atomic E-state index is 12.2. The normalized spacial score (nSPS) is 28.1. The third-order valence-corrected chi connectivity index (χ3v) is 4.40. The van der Waals surface area contributed by atoms with Crippen LogP contribution in [0.5, 0.6) is 0 Å². The van der Waals surface area contributed by atoms with Gasteiger partial charge in [0.15, 0.2) is 0 Å². The molecule has 2 atom stereocenters. The minimum Gasteiger partial charge on any atom is -0.356 e. The Morgan fingerprint density at radius 1 is 1.56 bits per heavy atom. The molecule has 0 aromatic carbocycles. The number of amides is 1. The van der Waals surface area contributed by atoms with Crippen LogP contribution in [0.4, 0.5) is 0 Å². The summed E-state index contributed by atoms with van der Waals surface area (Å²) < 4.78 is 0. The van der Waals surface area contributed by atoms with E-state index < -0.39 is 0 Å². The van der Waals surface area contributed by atoms with Gasteiger partial charge in [-0.15, -0.1) is 0 Å². The molecular formula is C14H29N3O. The zero-order chi connectivity index (χ0) is 13.8. The molecule has 0 radical (unpaired) electrons. The number of hydrogen-bond acceptors (Lipinski definition) is 3. The lowest BCUT2D eigenvalue weighted by Gasteiger charge is -2.28. The molecule has 2 unspecified atom stereocenters. The second-order valence-corrected chi connectivity index (χ2v) is 6.10. The largest absolute Gasteiger partial charge is 0.356 e. The molecule has 0 aromatic rings. The van der Waals surface area contributed by atoms with Gasteiger partial charge in [-0.3, -0.25) is 4.79 Å². The van der Waals surface area contributed by atoms with Crippen molar-refractivity contribution in [1.82, 2.24) is 10.2 Å². The Balaban J connectivity index is 2.25. The Labute approximate surface area is 111 Å². The average Bonchev–Trinajstić information content (AvgIpc) is 2.65. The fourth-order valence-corrected chi connectivity index (χ4v) is 2.47. The number of hydrogen-bond donors (Lipinski definition) is 2. The summed E-state index contributed by atoms with van der Waals surface area (Å²) >= 11 is 0. The van der Waals surface area contributed by atoms with Gasteiger partial charge in [-0.2, -0.15) is 0 Å². The summed E-state index contributed by atoms with van der Waals surface area (Å²) in [4.78, 5) is 14.4. The maximum Gasteiger partial charge on any atom is 0.227 e. The fourth-order valence-electron chi connectivity index (χ4n) is 2.47. The molecule has 1 rings (SSSR count). The zero-order valence-corrected chi connectivity index (χ0v) is 12.3. The smallest absolute Gasteiger partial charge is 0.227 e. The van der Waals surface area contributed by atoms with Gasteiger partial charge in [-0.05, 0) is 53.6 Å². The van der Waals surface area contributed by atoms with Crippen LogP contribution in [0.3, 0.4) is 0 Å². The number of carbonyl (C=O) groups excluding carboxylic acids is 1. The molecule has 1 saturated carbocycles. The molecule has 1 aliphatic carbocycles. The van der Waals surface area contributed by atoms with Crippen LogP contribution in [0.1, 0.15) is 46.5 Å². The van der Waals surface area contributed by atoms with Crippen molar-refractivity contribution in [3.05, 3.63) is 0 Å². The van der Waals surface area contributed by atoms with Gasteiger partial charge in [0.2, 0.25) is 5.91 Å². The van der Waals surface area contributed by atoms with Gasteiger partial charge in [-0.25, -0.2) is 0 Å². The molecular weight excluding hydrogens is 226 g/mol. The molecule has 4 heteroatoms. The van der Waals surface area contributed by atoms with Crippen molar-refractivity contribution in [3.8, 4) is 0 Å². The summed E-state index contributed by atoms with van der Waals surface area (Å²) in [6.07, 6.45) is 3.96. The van der Waals surface area contributed by atoms with E-state index in [1.807, 2.05) is 6.92 Å². The Hall–Kier alpha value is -0.610. The van der Waals surface area contributed by atoms with E-state index in [1.54, 1.807) is 0 Å². The van der Waals surface area contributed by atoms with Crippen molar-refractivity contribution in [2.24, 2.45) is 11.1 Å². The monoisotopic (exact) mass is 255 g/mol. The summed E-state index contributed by atoms with van der Waals surface area (Å²) in [7, 11) is 2.11. The molecule has 1 fully saturated rings. The van der Waals surface area contributed by atoms with Crippen molar-refractivity contribution in [3.63, 3.8) is 0 Å². The van der Waals surface area contributed by atoms with Crippen LogP contribution in [0, 0.1) is 5.41 Å². The van der Waals surface area contributed by atoms with Crippen molar-refractivity contribution in [1.29, 1.82) is 0 Å². The average molecular weight is 255 g/mol. The van der Waals surface area contributed by atoms with E-state index in [-0.39, 0.29) is 17.4 Å². The molecule has 0 heterocycles. The Morgan fingerprint density at radius 2 is 2.22 bits per heavy atom. The fraction of sp³-hybridized carbons (Fsp3) is 0.929. The highest BCUT2D eigenvalue weighted by Gasteiger charge is 2.42. The van der Waals surface area contributed by atoms with Crippen LogP contribution in [0.15, 0.2) is 0 Å². The molecule has 0 aromatic heterocycles. The van der Waals surface area contributed by atoms with Crippen molar-refractivity contribution < 1.29 is 4.79 Å². The summed E-state index contributed by atoms with van der Waals surface area (Å²) in [5, 5.41) is 3.04. The van der Waals surface area contributed by atoms with E-state index in [4.69, 9.17) is 5.73 Å². The van der Waals surface area contributed by atoms with Crippen LogP contribution < -0.4 is 11.1 Å². The molecule has 3 N–H and O–H groups in total. The highest BCUT2D eigenvalue weighted by atomic mass is 16.2. The van der Waals surface area contributed by atoms with Crippen molar-refractivity contribution in [2.45, 2.75) is 58.5 Å². The van der Waals surface area contributed by atoms with Crippen LogP contribution in [0.2, 0.25) is 0 Å². The summed E-state index contributed by atoms with van der Waals surface area (Å²) in [6, 6.07) is 0.581. The van der Waals surface area contributed by atoms with Crippen LogP contribution in [-0.2, 0) is 4.79 Å². The van der Waals surface area contributed by atoms with Gasteiger partial charge in [0, 0.05) is 18.6 Å². The lowest BCUT2D eigenvalue weighted by atomic mass is 9.84. The van der Waals surface area contributed by atoms with Crippen LogP contribution in [-0.4, -0.2) is 43.0 Å². The minimum atomic E-state index is -0.343. The van der Waals surface area contributed by atoms with E-state index in [1.165, 1.54) is 0 Å². The molecule has 1 aliphatic rings. The topological polar surface area (TPSA) is 58.4 Å².